The van der Waals surface area contributed by atoms with Crippen LogP contribution in [0.1, 0.15) is 74.8 Å². The monoisotopic (exact) mass is 495 g/mol. The van der Waals surface area contributed by atoms with Gasteiger partial charge in [0.25, 0.3) is 0 Å². The number of nitrogens with zero attached hydrogens (tertiary/aromatic N) is 3. The molecule has 1 aromatic heterocycles. The van der Waals surface area contributed by atoms with Gasteiger partial charge in [0.2, 0.25) is 0 Å². The van der Waals surface area contributed by atoms with Crippen LogP contribution in [0.15, 0.2) is 30.3 Å². The minimum atomic E-state index is -1.89. The number of hydrogen-bond donors (Lipinski definition) is 0. The molecule has 1 atom stereocenters. The zero-order valence-electron chi connectivity index (χ0n) is 22.9. The first kappa shape index (κ1) is 27.1. The maximum absolute atomic E-state index is 12.7. The Kier molecular flexibility index (Phi) is 8.22. The topological polar surface area (TPSA) is 66.2 Å². The van der Waals surface area contributed by atoms with Crippen LogP contribution in [0, 0.1) is 13.8 Å². The Morgan fingerprint density at radius 1 is 1.11 bits per heavy atom. The molecule has 2 aromatic carbocycles. The van der Waals surface area contributed by atoms with Crippen LogP contribution in [-0.4, -0.2) is 35.9 Å². The number of hydrogen-bond acceptors (Lipinski definition) is 5. The van der Waals surface area contributed by atoms with Gasteiger partial charge in [-0.25, -0.2) is 4.68 Å². The Morgan fingerprint density at radius 2 is 1.83 bits per heavy atom. The number of carbonyl (C=O) groups excluding carboxylic acids is 1. The second kappa shape index (κ2) is 10.6. The molecule has 35 heavy (non-hydrogen) atoms. The fraction of sp³-hybridized carbons (Fsp3) is 0.536. The van der Waals surface area contributed by atoms with E-state index in [2.05, 4.69) is 95.3 Å². The van der Waals surface area contributed by atoms with Crippen LogP contribution in [0.2, 0.25) is 18.1 Å². The molecule has 3 rings (SSSR count). The summed E-state index contributed by atoms with van der Waals surface area (Å²) in [6.45, 7) is 21.1. The van der Waals surface area contributed by atoms with Crippen LogP contribution < -0.4 is 0 Å². The van der Waals surface area contributed by atoms with Gasteiger partial charge in [-0.05, 0) is 79.7 Å². The van der Waals surface area contributed by atoms with Crippen molar-refractivity contribution in [1.29, 1.82) is 0 Å². The van der Waals surface area contributed by atoms with Crippen LogP contribution in [0.4, 0.5) is 0 Å². The fourth-order valence-corrected chi connectivity index (χ4v) is 5.08. The lowest BCUT2D eigenvalue weighted by molar-refractivity contribution is -0.143. The highest BCUT2D eigenvalue weighted by Gasteiger charge is 2.37. The van der Waals surface area contributed by atoms with Crippen LogP contribution in [-0.2, 0) is 27.1 Å². The third kappa shape index (κ3) is 5.84. The normalized spacial score (nSPS) is 13.3. The maximum atomic E-state index is 12.7. The molecule has 0 fully saturated rings. The summed E-state index contributed by atoms with van der Waals surface area (Å²) in [5, 5.41) is 8.87. The molecular weight excluding hydrogens is 454 g/mol. The van der Waals surface area contributed by atoms with Crippen molar-refractivity contribution >= 4 is 25.3 Å². The van der Waals surface area contributed by atoms with Gasteiger partial charge in [0.15, 0.2) is 8.32 Å². The molecule has 0 aliphatic carbocycles. The summed E-state index contributed by atoms with van der Waals surface area (Å²) in [6.07, 6.45) is 0.272. The highest BCUT2D eigenvalue weighted by atomic mass is 28.4. The Hall–Kier alpha value is -2.51. The number of rotatable bonds is 9. The minimum absolute atomic E-state index is 0.141. The lowest BCUT2D eigenvalue weighted by Crippen LogP contribution is -2.40. The van der Waals surface area contributed by atoms with Crippen molar-refractivity contribution in [1.82, 2.24) is 15.0 Å². The Bertz CT molecular complexity index is 1190. The summed E-state index contributed by atoms with van der Waals surface area (Å²) in [5.74, 6) is -0.341. The van der Waals surface area contributed by atoms with Gasteiger partial charge in [-0.2, -0.15) is 0 Å². The highest BCUT2D eigenvalue weighted by Crippen LogP contribution is 2.38. The molecule has 0 radical (unpaired) electrons. The zero-order chi connectivity index (χ0) is 26.0. The summed E-state index contributed by atoms with van der Waals surface area (Å²) in [5.41, 5.74) is 7.47. The molecule has 0 amide bonds. The third-order valence-corrected chi connectivity index (χ3v) is 12.0. The molecule has 0 spiro atoms. The summed E-state index contributed by atoms with van der Waals surface area (Å²) in [4.78, 5) is 12.7. The van der Waals surface area contributed by atoms with E-state index in [-0.39, 0.29) is 23.3 Å². The number of esters is 1. The summed E-state index contributed by atoms with van der Waals surface area (Å²) < 4.78 is 13.8. The first-order valence-electron chi connectivity index (χ1n) is 12.6. The average Bonchev–Trinajstić information content (AvgIpc) is 3.21. The first-order valence-corrected chi connectivity index (χ1v) is 15.5. The van der Waals surface area contributed by atoms with E-state index in [1.54, 1.807) is 0 Å². The lowest BCUT2D eigenvalue weighted by Gasteiger charge is -2.36. The largest absolute Gasteiger partial charge is 0.466 e. The van der Waals surface area contributed by atoms with Gasteiger partial charge >= 0.3 is 5.97 Å². The lowest BCUT2D eigenvalue weighted by atomic mass is 9.84. The number of benzene rings is 2. The molecule has 0 aliphatic heterocycles. The van der Waals surface area contributed by atoms with Gasteiger partial charge in [-0.3, -0.25) is 4.79 Å². The zero-order valence-corrected chi connectivity index (χ0v) is 23.9. The van der Waals surface area contributed by atoms with E-state index < -0.39 is 8.32 Å². The standard InChI is InChI=1S/C28H41N3O3Si/c1-10-31-25-15-14-23(20(4)27(25)29-30-31)24(17-26(32)33-11-2)21-13-12-19(3)22(16-21)18-34-35(8,9)28(5,6)7/h12-16,24H,10-11,17-18H2,1-9H3. The van der Waals surface area contributed by atoms with E-state index in [0.29, 0.717) is 13.2 Å². The Labute approximate surface area is 211 Å². The van der Waals surface area contributed by atoms with Crippen LogP contribution in [0.25, 0.3) is 11.0 Å². The molecule has 190 valence electrons. The van der Waals surface area contributed by atoms with E-state index in [1.807, 2.05) is 11.6 Å². The van der Waals surface area contributed by atoms with Gasteiger partial charge in [-0.1, -0.05) is 50.3 Å². The van der Waals surface area contributed by atoms with E-state index in [4.69, 9.17) is 9.16 Å². The van der Waals surface area contributed by atoms with E-state index in [9.17, 15) is 4.79 Å². The number of fused-ring (bicyclic) bond motifs is 1. The molecule has 0 aliphatic rings. The number of aryl methyl sites for hydroxylation is 3. The first-order chi connectivity index (χ1) is 16.4. The number of carbonyl (C=O) groups is 1. The second-order valence-electron chi connectivity index (χ2n) is 10.8. The summed E-state index contributed by atoms with van der Waals surface area (Å²) in [7, 11) is -1.89. The predicted molar refractivity (Wildman–Crippen MR) is 144 cm³/mol. The van der Waals surface area contributed by atoms with Gasteiger partial charge in [0.05, 0.1) is 25.2 Å². The second-order valence-corrected chi connectivity index (χ2v) is 15.7. The quantitative estimate of drug-likeness (QED) is 0.245. The van der Waals surface area contributed by atoms with E-state index in [1.165, 1.54) is 5.56 Å². The number of ether oxygens (including phenoxy) is 1. The predicted octanol–water partition coefficient (Wildman–Crippen LogP) is 6.67. The van der Waals surface area contributed by atoms with Crippen molar-refractivity contribution in [2.75, 3.05) is 6.61 Å². The molecule has 6 nitrogen and oxygen atoms in total. The van der Waals surface area contributed by atoms with Crippen LogP contribution in [0.3, 0.4) is 0 Å². The van der Waals surface area contributed by atoms with Crippen molar-refractivity contribution in [3.8, 4) is 0 Å². The van der Waals surface area contributed by atoms with Crippen molar-refractivity contribution in [3.05, 3.63) is 58.1 Å². The third-order valence-electron chi connectivity index (χ3n) is 7.50. The van der Waals surface area contributed by atoms with Crippen molar-refractivity contribution in [2.45, 2.75) is 92.1 Å². The van der Waals surface area contributed by atoms with E-state index in [0.717, 1.165) is 39.8 Å². The van der Waals surface area contributed by atoms with E-state index >= 15 is 0 Å². The van der Waals surface area contributed by atoms with Gasteiger partial charge < -0.3 is 9.16 Å². The molecule has 1 unspecified atom stereocenters. The molecule has 3 aromatic rings. The molecule has 7 heteroatoms. The SMILES string of the molecule is CCOC(=O)CC(c1ccc(C)c(CO[Si](C)(C)C(C)(C)C)c1)c1ccc2c(nnn2CC)c1C. The number of aromatic nitrogens is 3. The molecule has 0 saturated carbocycles. The smallest absolute Gasteiger partial charge is 0.306 e. The average molecular weight is 496 g/mol. The highest BCUT2D eigenvalue weighted by molar-refractivity contribution is 6.74. The van der Waals surface area contributed by atoms with Gasteiger partial charge in [0.1, 0.15) is 5.52 Å². The van der Waals surface area contributed by atoms with Crippen molar-refractivity contribution in [3.63, 3.8) is 0 Å². The molecule has 0 N–H and O–H groups in total. The maximum Gasteiger partial charge on any atom is 0.306 e. The van der Waals surface area contributed by atoms with Crippen molar-refractivity contribution in [2.24, 2.45) is 0 Å². The summed E-state index contributed by atoms with van der Waals surface area (Å²) in [6, 6.07) is 10.7. The Balaban J connectivity index is 2.04. The fourth-order valence-electron chi connectivity index (χ4n) is 4.13. The molecule has 0 saturated heterocycles. The van der Waals surface area contributed by atoms with Crippen LogP contribution in [0.5, 0.6) is 0 Å². The molecule has 1 heterocycles. The van der Waals surface area contributed by atoms with Crippen molar-refractivity contribution < 1.29 is 14.0 Å². The molecular formula is C28H41N3O3Si. The summed E-state index contributed by atoms with van der Waals surface area (Å²) >= 11 is 0. The Morgan fingerprint density at radius 3 is 2.46 bits per heavy atom. The van der Waals surface area contributed by atoms with Gasteiger partial charge in [0, 0.05) is 12.5 Å². The molecule has 0 bridgehead atoms. The van der Waals surface area contributed by atoms with Gasteiger partial charge in [-0.15, -0.1) is 5.10 Å². The van der Waals surface area contributed by atoms with Crippen LogP contribution >= 0.6 is 0 Å². The minimum Gasteiger partial charge on any atom is -0.466 e.